The van der Waals surface area contributed by atoms with E-state index in [0.717, 1.165) is 0 Å². The molecule has 0 aromatic rings. The number of aliphatic hydroxyl groups is 2. The van der Waals surface area contributed by atoms with Crippen molar-refractivity contribution in [1.29, 1.82) is 0 Å². The quantitative estimate of drug-likeness (QED) is 0.522. The lowest BCUT2D eigenvalue weighted by Gasteiger charge is -2.40. The van der Waals surface area contributed by atoms with Crippen molar-refractivity contribution in [3.63, 3.8) is 0 Å². The minimum atomic E-state index is -1.85. The van der Waals surface area contributed by atoms with Crippen LogP contribution in [0.3, 0.4) is 0 Å². The molecule has 29 heavy (non-hydrogen) atoms. The van der Waals surface area contributed by atoms with Gasteiger partial charge < -0.3 is 29.2 Å². The molecule has 3 rings (SSSR count). The average Bonchev–Trinajstić information content (AvgIpc) is 3.09. The number of carbonyl (C=O) groups excluding carboxylic acids is 2. The SMILES string of the molecule is C=C(C)C(=O)O[C@@H]1C[C@@](C)(O)[C@]2(O)CC[C@@](C)(/C=C3/OC(=O)C(COCC)=C31)O2. The zero-order chi connectivity index (χ0) is 21.6. The molecular formula is C21H28O8. The van der Waals surface area contributed by atoms with Crippen LogP contribution in [-0.4, -0.2) is 58.5 Å². The summed E-state index contributed by atoms with van der Waals surface area (Å²) < 4.78 is 22.3. The van der Waals surface area contributed by atoms with Crippen LogP contribution < -0.4 is 0 Å². The Hall–Kier alpha value is -2.00. The van der Waals surface area contributed by atoms with E-state index in [9.17, 15) is 19.8 Å². The molecule has 2 N–H and O–H groups in total. The Morgan fingerprint density at radius 1 is 1.34 bits per heavy atom. The van der Waals surface area contributed by atoms with Gasteiger partial charge in [-0.25, -0.2) is 9.59 Å². The highest BCUT2D eigenvalue weighted by Gasteiger charge is 2.58. The first-order valence-electron chi connectivity index (χ1n) is 9.69. The fourth-order valence-corrected chi connectivity index (χ4v) is 3.89. The minimum Gasteiger partial charge on any atom is -0.454 e. The van der Waals surface area contributed by atoms with E-state index in [0.29, 0.717) is 18.6 Å². The molecular weight excluding hydrogens is 380 g/mol. The van der Waals surface area contributed by atoms with Gasteiger partial charge in [-0.1, -0.05) is 6.58 Å². The predicted molar refractivity (Wildman–Crippen MR) is 101 cm³/mol. The van der Waals surface area contributed by atoms with Gasteiger partial charge in [0.25, 0.3) is 0 Å². The zero-order valence-corrected chi connectivity index (χ0v) is 17.2. The van der Waals surface area contributed by atoms with E-state index >= 15 is 0 Å². The number of fused-ring (bicyclic) bond motifs is 3. The number of hydrogen-bond acceptors (Lipinski definition) is 8. The van der Waals surface area contributed by atoms with Gasteiger partial charge in [0.15, 0.2) is 5.79 Å². The molecule has 3 aliphatic rings. The van der Waals surface area contributed by atoms with Gasteiger partial charge in [0.1, 0.15) is 17.5 Å². The van der Waals surface area contributed by atoms with Crippen molar-refractivity contribution < 1.29 is 38.7 Å². The third kappa shape index (κ3) is 3.90. The topological polar surface area (TPSA) is 112 Å². The molecule has 8 nitrogen and oxygen atoms in total. The van der Waals surface area contributed by atoms with E-state index in [-0.39, 0.29) is 36.4 Å². The number of ether oxygens (including phenoxy) is 4. The summed E-state index contributed by atoms with van der Waals surface area (Å²) in [6, 6.07) is 0. The lowest BCUT2D eigenvalue weighted by Crippen LogP contribution is -2.54. The second-order valence-electron chi connectivity index (χ2n) is 8.28. The summed E-state index contributed by atoms with van der Waals surface area (Å²) in [5, 5.41) is 22.2. The van der Waals surface area contributed by atoms with E-state index in [4.69, 9.17) is 18.9 Å². The maximum atomic E-state index is 12.5. The molecule has 1 fully saturated rings. The molecule has 2 bridgehead atoms. The van der Waals surface area contributed by atoms with Crippen molar-refractivity contribution in [2.75, 3.05) is 13.2 Å². The largest absolute Gasteiger partial charge is 0.454 e. The Morgan fingerprint density at radius 2 is 2.03 bits per heavy atom. The maximum absolute atomic E-state index is 12.5. The van der Waals surface area contributed by atoms with E-state index in [2.05, 4.69) is 6.58 Å². The summed E-state index contributed by atoms with van der Waals surface area (Å²) in [5.74, 6) is -2.95. The van der Waals surface area contributed by atoms with Gasteiger partial charge >= 0.3 is 11.9 Å². The van der Waals surface area contributed by atoms with Gasteiger partial charge in [-0.15, -0.1) is 0 Å². The normalized spacial score (nSPS) is 38.3. The third-order valence-electron chi connectivity index (χ3n) is 5.63. The number of hydrogen-bond donors (Lipinski definition) is 2. The van der Waals surface area contributed by atoms with Gasteiger partial charge in [0, 0.05) is 30.6 Å². The Bertz CT molecular complexity index is 807. The van der Waals surface area contributed by atoms with Crippen LogP contribution in [0.5, 0.6) is 0 Å². The smallest absolute Gasteiger partial charge is 0.342 e. The molecule has 4 atom stereocenters. The Morgan fingerprint density at radius 3 is 2.66 bits per heavy atom. The Kier molecular flexibility index (Phi) is 5.51. The Labute approximate surface area is 169 Å². The van der Waals surface area contributed by atoms with E-state index in [1.165, 1.54) is 13.8 Å². The molecule has 0 amide bonds. The molecule has 0 spiro atoms. The summed E-state index contributed by atoms with van der Waals surface area (Å²) in [7, 11) is 0. The predicted octanol–water partition coefficient (Wildman–Crippen LogP) is 1.66. The molecule has 0 unspecified atom stereocenters. The summed E-state index contributed by atoms with van der Waals surface area (Å²) in [6.07, 6.45) is 0.890. The van der Waals surface area contributed by atoms with Crippen LogP contribution in [0, 0.1) is 0 Å². The van der Waals surface area contributed by atoms with Crippen LogP contribution in [0.15, 0.2) is 35.1 Å². The highest BCUT2D eigenvalue weighted by atomic mass is 16.7. The lowest BCUT2D eigenvalue weighted by molar-refractivity contribution is -0.298. The van der Waals surface area contributed by atoms with Crippen LogP contribution >= 0.6 is 0 Å². The fraction of sp³-hybridized carbons (Fsp3) is 0.619. The van der Waals surface area contributed by atoms with Crippen molar-refractivity contribution in [2.24, 2.45) is 0 Å². The van der Waals surface area contributed by atoms with Gasteiger partial charge in [-0.2, -0.15) is 0 Å². The van der Waals surface area contributed by atoms with Gasteiger partial charge in [0.2, 0.25) is 0 Å². The lowest BCUT2D eigenvalue weighted by atomic mass is 9.82. The summed E-state index contributed by atoms with van der Waals surface area (Å²) >= 11 is 0. The van der Waals surface area contributed by atoms with Crippen molar-refractivity contribution in [2.45, 2.75) is 70.1 Å². The molecule has 0 aromatic carbocycles. The van der Waals surface area contributed by atoms with E-state index in [1.54, 1.807) is 19.9 Å². The minimum absolute atomic E-state index is 0.0346. The standard InChI is InChI=1S/C21H28O8/c1-6-26-11-13-16-14(28-18(13)23)9-19(4)7-8-21(25,29-19)20(5,24)10-15(16)27-17(22)12(2)3/h9,15,24-25H,2,6-8,10-11H2,1,3-5H3/b14-9+/t15-,19+,20-,21+/m1/s1. The van der Waals surface area contributed by atoms with Crippen LogP contribution in [0.4, 0.5) is 0 Å². The molecule has 0 saturated carbocycles. The summed E-state index contributed by atoms with van der Waals surface area (Å²) in [5.41, 5.74) is -2.06. The third-order valence-corrected chi connectivity index (χ3v) is 5.63. The maximum Gasteiger partial charge on any atom is 0.342 e. The van der Waals surface area contributed by atoms with Gasteiger partial charge in [0.05, 0.1) is 17.8 Å². The van der Waals surface area contributed by atoms with Crippen LogP contribution in [0.1, 0.15) is 47.0 Å². The molecule has 3 aliphatic heterocycles. The van der Waals surface area contributed by atoms with Gasteiger partial charge in [-0.05, 0) is 40.2 Å². The molecule has 8 heteroatoms. The van der Waals surface area contributed by atoms with E-state index in [1.807, 2.05) is 0 Å². The first-order valence-corrected chi connectivity index (χ1v) is 9.69. The van der Waals surface area contributed by atoms with Crippen LogP contribution in [-0.2, 0) is 28.5 Å². The van der Waals surface area contributed by atoms with Crippen molar-refractivity contribution in [3.8, 4) is 0 Å². The van der Waals surface area contributed by atoms with E-state index < -0.39 is 35.0 Å². The molecule has 0 aliphatic carbocycles. The first kappa shape index (κ1) is 21.7. The summed E-state index contributed by atoms with van der Waals surface area (Å²) in [4.78, 5) is 24.8. The molecule has 3 heterocycles. The average molecular weight is 408 g/mol. The van der Waals surface area contributed by atoms with Crippen LogP contribution in [0.25, 0.3) is 0 Å². The number of carbonyl (C=O) groups is 2. The van der Waals surface area contributed by atoms with Crippen molar-refractivity contribution in [3.05, 3.63) is 35.1 Å². The fourth-order valence-electron chi connectivity index (χ4n) is 3.89. The zero-order valence-electron chi connectivity index (χ0n) is 17.2. The number of esters is 2. The monoisotopic (exact) mass is 408 g/mol. The second kappa shape index (κ2) is 7.36. The Balaban J connectivity index is 2.17. The van der Waals surface area contributed by atoms with Gasteiger partial charge in [-0.3, -0.25) is 0 Å². The van der Waals surface area contributed by atoms with Crippen molar-refractivity contribution >= 4 is 11.9 Å². The second-order valence-corrected chi connectivity index (χ2v) is 8.28. The number of rotatable bonds is 5. The molecule has 0 aromatic heterocycles. The summed E-state index contributed by atoms with van der Waals surface area (Å²) in [6.45, 7) is 10.4. The first-order chi connectivity index (χ1) is 13.4. The van der Waals surface area contributed by atoms with Crippen molar-refractivity contribution in [1.82, 2.24) is 0 Å². The molecule has 160 valence electrons. The van der Waals surface area contributed by atoms with Crippen LogP contribution in [0.2, 0.25) is 0 Å². The molecule has 0 radical (unpaired) electrons. The highest BCUT2D eigenvalue weighted by molar-refractivity contribution is 5.95. The highest BCUT2D eigenvalue weighted by Crippen LogP contribution is 2.49. The molecule has 1 saturated heterocycles.